The first kappa shape index (κ1) is 59.5. The first-order valence-corrected chi connectivity index (χ1v) is 24.8. The summed E-state index contributed by atoms with van der Waals surface area (Å²) in [6.07, 6.45) is -15.3. The molecule has 1 amide bonds. The lowest BCUT2D eigenvalue weighted by molar-refractivity contribution is -0.189. The van der Waals surface area contributed by atoms with Gasteiger partial charge in [0, 0.05) is 0 Å². The lowest BCUT2D eigenvalue weighted by Crippen LogP contribution is -2.42. The second-order valence-corrected chi connectivity index (χ2v) is 20.9. The van der Waals surface area contributed by atoms with Gasteiger partial charge in [-0.1, -0.05) is 18.7 Å². The molecular formula is C40H56N2O24S3. The van der Waals surface area contributed by atoms with Crippen molar-refractivity contribution in [2.45, 2.75) is 162 Å². The van der Waals surface area contributed by atoms with Crippen LogP contribution in [-0.4, -0.2) is 160 Å². The van der Waals surface area contributed by atoms with Crippen LogP contribution in [0.1, 0.15) is 89.5 Å². The van der Waals surface area contributed by atoms with E-state index in [9.17, 15) is 69.9 Å². The van der Waals surface area contributed by atoms with E-state index in [-0.39, 0.29) is 10.7 Å². The zero-order chi connectivity index (χ0) is 53.0. The fourth-order valence-corrected chi connectivity index (χ4v) is 10.4. The third kappa shape index (κ3) is 16.8. The molecule has 69 heavy (non-hydrogen) atoms. The van der Waals surface area contributed by atoms with E-state index in [0.29, 0.717) is 23.9 Å². The van der Waals surface area contributed by atoms with Crippen molar-refractivity contribution in [2.75, 3.05) is 6.54 Å². The van der Waals surface area contributed by atoms with E-state index in [2.05, 4.69) is 10.1 Å². The molecule has 0 bridgehead atoms. The van der Waals surface area contributed by atoms with Gasteiger partial charge in [-0.05, 0) is 101 Å². The van der Waals surface area contributed by atoms with Gasteiger partial charge in [-0.15, -0.1) is 0 Å². The van der Waals surface area contributed by atoms with Crippen molar-refractivity contribution < 1.29 is 113 Å². The molecule has 0 saturated carbocycles. The quantitative estimate of drug-likeness (QED) is 0.0831. The fraction of sp³-hybridized carbons (Fsp3) is 0.650. The monoisotopic (exact) mass is 1040 g/mol. The molecule has 0 aromatic rings. The lowest BCUT2D eigenvalue weighted by Gasteiger charge is -2.23. The number of nitrogens with one attached hydrogen (secondary N) is 2. The summed E-state index contributed by atoms with van der Waals surface area (Å²) in [6, 6.07) is -0.742. The predicted octanol–water partition coefficient (Wildman–Crippen LogP) is -0.817. The molecule has 0 aromatic carbocycles. The first-order valence-electron chi connectivity index (χ1n) is 20.9. The molecule has 2 rings (SSSR count). The summed E-state index contributed by atoms with van der Waals surface area (Å²) in [5, 5.41) is 11.4. The highest BCUT2D eigenvalue weighted by Gasteiger charge is 2.44. The van der Waals surface area contributed by atoms with Crippen molar-refractivity contribution in [2.24, 2.45) is 0 Å². The van der Waals surface area contributed by atoms with Gasteiger partial charge in [-0.25, -0.2) is 64.7 Å². The topological polar surface area (TPSA) is 366 Å². The van der Waals surface area contributed by atoms with Crippen molar-refractivity contribution in [3.8, 4) is 0 Å². The van der Waals surface area contributed by atoms with Gasteiger partial charge < -0.3 is 53.1 Å². The Kier molecular flexibility index (Phi) is 21.8. The normalized spacial score (nSPS) is 20.6. The Morgan fingerprint density at radius 1 is 0.580 bits per heavy atom. The zero-order valence-electron chi connectivity index (χ0n) is 39.5. The largest absolute Gasteiger partial charge is 0.450 e. The molecule has 0 spiro atoms. The van der Waals surface area contributed by atoms with Gasteiger partial charge in [0.15, 0.2) is 64.8 Å². The summed E-state index contributed by atoms with van der Waals surface area (Å²) in [4.78, 5) is 124. The maximum Gasteiger partial charge on any atom is 0.347 e. The smallest absolute Gasteiger partial charge is 0.347 e. The molecule has 2 aliphatic heterocycles. The SMILES string of the molecule is CCN[C@H]1C=C(S(=O)(=O)NC(=O)[C@H](C)OC(=O)[C@H](C)OC(=O)[C@H](C)OC(=O)[C@H](C)OC(=O)[C@H](C)OC(=O)[C@H](C)OC(=O)[C@H](C)OC(=O)[C@H](C)OC(=O)[C@H](C)OC(=O)[C@H](C)O)SC2=C1C[C@H](C)S2(=O)=O. The number of aliphatic hydroxyl groups is 1. The molecular weight excluding hydrogens is 989 g/mol. The number of sulfonamides is 1. The van der Waals surface area contributed by atoms with Crippen molar-refractivity contribution in [3.05, 3.63) is 20.1 Å². The van der Waals surface area contributed by atoms with Gasteiger partial charge in [0.25, 0.3) is 15.9 Å². The van der Waals surface area contributed by atoms with Gasteiger partial charge in [0.05, 0.1) is 11.3 Å². The van der Waals surface area contributed by atoms with Gasteiger partial charge in [0.2, 0.25) is 0 Å². The number of carbonyl (C=O) groups is 10. The molecule has 0 aromatic heterocycles. The molecule has 29 heteroatoms. The maximum absolute atomic E-state index is 13.2. The third-order valence-corrected chi connectivity index (χ3v) is 15.1. The fourth-order valence-electron chi connectivity index (χ4n) is 5.29. The molecule has 2 heterocycles. The lowest BCUT2D eigenvalue weighted by atomic mass is 10.0. The van der Waals surface area contributed by atoms with Crippen LogP contribution in [0.5, 0.6) is 0 Å². The number of carbonyl (C=O) groups excluding carboxylic acids is 10. The van der Waals surface area contributed by atoms with E-state index in [0.717, 1.165) is 69.2 Å². The minimum Gasteiger partial charge on any atom is -0.450 e. The summed E-state index contributed by atoms with van der Waals surface area (Å²) in [6.45, 7) is 14.1. The van der Waals surface area contributed by atoms with Crippen LogP contribution in [0.15, 0.2) is 20.1 Å². The van der Waals surface area contributed by atoms with Crippen molar-refractivity contribution in [3.63, 3.8) is 0 Å². The summed E-state index contributed by atoms with van der Waals surface area (Å²) >= 11 is 0.473. The highest BCUT2D eigenvalue weighted by atomic mass is 32.3. The number of hydrogen-bond acceptors (Lipinski definition) is 26. The van der Waals surface area contributed by atoms with Crippen LogP contribution in [0.3, 0.4) is 0 Å². The number of ether oxygens (including phenoxy) is 9. The molecule has 0 radical (unpaired) electrons. The molecule has 3 N–H and O–H groups in total. The van der Waals surface area contributed by atoms with Crippen LogP contribution < -0.4 is 10.0 Å². The number of hydrogen-bond donors (Lipinski definition) is 3. The van der Waals surface area contributed by atoms with Gasteiger partial charge in [-0.2, -0.15) is 0 Å². The zero-order valence-corrected chi connectivity index (χ0v) is 41.9. The van der Waals surface area contributed by atoms with Crippen LogP contribution in [0.25, 0.3) is 0 Å². The Labute approximate surface area is 401 Å². The predicted molar refractivity (Wildman–Crippen MR) is 232 cm³/mol. The average Bonchev–Trinajstić information content (AvgIpc) is 3.49. The number of amides is 1. The number of esters is 9. The number of thioether (sulfide) groups is 1. The second kappa shape index (κ2) is 25.3. The van der Waals surface area contributed by atoms with Crippen LogP contribution >= 0.6 is 11.8 Å². The summed E-state index contributed by atoms with van der Waals surface area (Å²) in [5.41, 5.74) is 0.500. The third-order valence-electron chi connectivity index (χ3n) is 9.36. The van der Waals surface area contributed by atoms with E-state index in [1.165, 1.54) is 13.0 Å². The highest BCUT2D eigenvalue weighted by molar-refractivity contribution is 8.28. The molecule has 0 saturated heterocycles. The maximum atomic E-state index is 13.2. The minimum atomic E-state index is -4.67. The average molecular weight is 1050 g/mol. The molecule has 388 valence electrons. The first-order chi connectivity index (χ1) is 31.7. The van der Waals surface area contributed by atoms with Crippen molar-refractivity contribution >= 4 is 91.3 Å². The molecule has 26 nitrogen and oxygen atoms in total. The summed E-state index contributed by atoms with van der Waals surface area (Å²) < 4.78 is 97.3. The number of aliphatic hydroxyl groups excluding tert-OH is 1. The molecule has 12 atom stereocenters. The number of likely N-dealkylation sites (N-methyl/N-ethyl adjacent to an activating group) is 1. The Hall–Kier alpha value is -5.65. The minimum absolute atomic E-state index is 0.130. The van der Waals surface area contributed by atoms with Crippen LogP contribution in [0.2, 0.25) is 0 Å². The van der Waals surface area contributed by atoms with Crippen molar-refractivity contribution in [1.29, 1.82) is 0 Å². The van der Waals surface area contributed by atoms with E-state index < -0.39 is 156 Å². The highest BCUT2D eigenvalue weighted by Crippen LogP contribution is 2.48. The van der Waals surface area contributed by atoms with E-state index in [1.807, 2.05) is 0 Å². The Bertz CT molecular complexity index is 2310. The van der Waals surface area contributed by atoms with Gasteiger partial charge in [0.1, 0.15) is 14.6 Å². The van der Waals surface area contributed by atoms with E-state index in [4.69, 9.17) is 37.9 Å². The summed E-state index contributed by atoms with van der Waals surface area (Å²) in [7, 11) is -8.50. The number of sulfone groups is 1. The van der Waals surface area contributed by atoms with Crippen LogP contribution in [0.4, 0.5) is 0 Å². The van der Waals surface area contributed by atoms with Gasteiger partial charge >= 0.3 is 53.7 Å². The standard InChI is InChI=1S/C40H56N2O24S3/c1-13-41-28-15-29(67-40-27(28)14-16(2)68(40,54)55)69(56,57)42-30(44)18(4)58-32(46)20(6)60-34(48)22(8)62-36(50)24(10)64-38(52)26(12)66-39(53)25(11)65-37(51)23(9)63-35(49)21(7)61-33(47)19(5)59-31(45)17(3)43/h15-26,28,41,43H,13-14H2,1-12H3,(H,42,44)/t16-,17-,18-,19-,20-,21-,22-,23-,24-,25-,26-,28-/m0/s1. The second-order valence-electron chi connectivity index (χ2n) is 15.4. The number of rotatable bonds is 23. The molecule has 0 fully saturated rings. The Balaban J connectivity index is 1.83. The molecule has 0 aliphatic carbocycles. The molecule has 2 aliphatic rings. The van der Waals surface area contributed by atoms with E-state index >= 15 is 0 Å². The van der Waals surface area contributed by atoms with Crippen molar-refractivity contribution in [1.82, 2.24) is 10.0 Å². The Morgan fingerprint density at radius 2 is 0.870 bits per heavy atom. The van der Waals surface area contributed by atoms with E-state index in [1.54, 1.807) is 11.6 Å². The van der Waals surface area contributed by atoms with Crippen LogP contribution in [-0.2, 0) is 110 Å². The van der Waals surface area contributed by atoms with Crippen LogP contribution in [0, 0.1) is 0 Å². The van der Waals surface area contributed by atoms with Gasteiger partial charge in [-0.3, -0.25) is 4.79 Å². The summed E-state index contributed by atoms with van der Waals surface area (Å²) in [5.74, 6) is -12.7. The molecule has 0 unspecified atom stereocenters. The Morgan fingerprint density at radius 3 is 1.16 bits per heavy atom.